The molecule has 0 aliphatic rings. The van der Waals surface area contributed by atoms with Crippen molar-refractivity contribution in [1.82, 2.24) is 14.9 Å². The Morgan fingerprint density at radius 3 is 2.50 bits per heavy atom. The lowest BCUT2D eigenvalue weighted by Gasteiger charge is -1.97. The van der Waals surface area contributed by atoms with Crippen LogP contribution in [0, 0.1) is 0 Å². The molecule has 0 saturated carbocycles. The highest BCUT2D eigenvalue weighted by atomic mass is 15.4. The smallest absolute Gasteiger partial charge is 0.141 e. The van der Waals surface area contributed by atoms with Gasteiger partial charge in [0.2, 0.25) is 0 Å². The molecular weight excluding hydrogens is 176 g/mol. The third kappa shape index (κ3) is 3.98. The molecule has 1 aromatic rings. The van der Waals surface area contributed by atoms with Gasteiger partial charge in [0, 0.05) is 5.71 Å². The van der Waals surface area contributed by atoms with Gasteiger partial charge in [-0.1, -0.05) is 11.6 Å². The molecule has 14 heavy (non-hydrogen) atoms. The van der Waals surface area contributed by atoms with Gasteiger partial charge in [-0.2, -0.15) is 5.10 Å². The van der Waals surface area contributed by atoms with Crippen molar-refractivity contribution in [2.24, 2.45) is 5.10 Å². The van der Waals surface area contributed by atoms with E-state index in [1.165, 1.54) is 5.57 Å². The Morgan fingerprint density at radius 2 is 1.93 bits per heavy atom. The summed E-state index contributed by atoms with van der Waals surface area (Å²) < 4.78 is 1.62. The van der Waals surface area contributed by atoms with Crippen molar-refractivity contribution < 1.29 is 0 Å². The number of hydrogen-bond acceptors (Lipinski definition) is 3. The zero-order valence-corrected chi connectivity index (χ0v) is 8.94. The van der Waals surface area contributed by atoms with E-state index in [4.69, 9.17) is 0 Å². The zero-order valence-electron chi connectivity index (χ0n) is 8.94. The van der Waals surface area contributed by atoms with Crippen LogP contribution in [-0.2, 0) is 0 Å². The van der Waals surface area contributed by atoms with Crippen molar-refractivity contribution in [3.8, 4) is 0 Å². The van der Waals surface area contributed by atoms with E-state index in [9.17, 15) is 0 Å². The van der Waals surface area contributed by atoms with Crippen LogP contribution in [0.15, 0.2) is 29.4 Å². The number of rotatable bonds is 4. The van der Waals surface area contributed by atoms with E-state index >= 15 is 0 Å². The maximum Gasteiger partial charge on any atom is 0.141 e. The van der Waals surface area contributed by atoms with Crippen LogP contribution in [0.2, 0.25) is 0 Å². The number of nitrogens with zero attached hydrogens (tertiary/aromatic N) is 4. The van der Waals surface area contributed by atoms with Crippen molar-refractivity contribution in [2.75, 3.05) is 0 Å². The topological polar surface area (TPSA) is 43.1 Å². The second kappa shape index (κ2) is 5.32. The minimum atomic E-state index is 0.976. The Bertz CT molecular complexity index is 318. The van der Waals surface area contributed by atoms with Crippen molar-refractivity contribution in [3.05, 3.63) is 24.3 Å². The molecule has 0 unspecified atom stereocenters. The molecule has 0 aliphatic carbocycles. The fourth-order valence-corrected chi connectivity index (χ4v) is 1.06. The van der Waals surface area contributed by atoms with Crippen LogP contribution < -0.4 is 0 Å². The SMILES string of the molecule is CC(C)=CCCC(C)=Nn1cnnc1. The molecule has 4 heteroatoms. The first-order chi connectivity index (χ1) is 6.68. The van der Waals surface area contributed by atoms with Gasteiger partial charge in [0.25, 0.3) is 0 Å². The molecule has 0 aromatic carbocycles. The number of hydrogen-bond donors (Lipinski definition) is 0. The van der Waals surface area contributed by atoms with Crippen LogP contribution in [0.5, 0.6) is 0 Å². The molecule has 1 aromatic heterocycles. The first kappa shape index (κ1) is 10.6. The molecule has 0 aliphatic heterocycles. The molecule has 0 amide bonds. The highest BCUT2D eigenvalue weighted by Crippen LogP contribution is 1.99. The second-order valence-corrected chi connectivity index (χ2v) is 3.50. The number of aromatic nitrogens is 3. The maximum atomic E-state index is 4.29. The zero-order chi connectivity index (χ0) is 10.4. The quantitative estimate of drug-likeness (QED) is 0.542. The predicted molar refractivity (Wildman–Crippen MR) is 57.2 cm³/mol. The Hall–Kier alpha value is -1.45. The third-order valence-corrected chi connectivity index (χ3v) is 1.75. The Morgan fingerprint density at radius 1 is 1.29 bits per heavy atom. The summed E-state index contributed by atoms with van der Waals surface area (Å²) in [5.41, 5.74) is 2.43. The number of allylic oxidation sites excluding steroid dienone is 2. The van der Waals surface area contributed by atoms with Gasteiger partial charge in [-0.05, 0) is 33.6 Å². The molecule has 0 fully saturated rings. The average molecular weight is 192 g/mol. The first-order valence-electron chi connectivity index (χ1n) is 4.71. The van der Waals surface area contributed by atoms with Gasteiger partial charge in [-0.15, -0.1) is 10.2 Å². The van der Waals surface area contributed by atoms with Gasteiger partial charge >= 0.3 is 0 Å². The molecule has 0 saturated heterocycles. The molecule has 0 atom stereocenters. The summed E-state index contributed by atoms with van der Waals surface area (Å²) in [6.07, 6.45) is 7.41. The summed E-state index contributed by atoms with van der Waals surface area (Å²) in [5.74, 6) is 0. The lowest BCUT2D eigenvalue weighted by Crippen LogP contribution is -1.95. The van der Waals surface area contributed by atoms with Crippen LogP contribution in [0.4, 0.5) is 0 Å². The van der Waals surface area contributed by atoms with Gasteiger partial charge in [-0.3, -0.25) is 0 Å². The van der Waals surface area contributed by atoms with E-state index in [0.29, 0.717) is 0 Å². The van der Waals surface area contributed by atoms with Gasteiger partial charge in [-0.25, -0.2) is 4.68 Å². The molecule has 0 spiro atoms. The molecule has 76 valence electrons. The van der Waals surface area contributed by atoms with E-state index in [2.05, 4.69) is 35.2 Å². The fraction of sp³-hybridized carbons (Fsp3) is 0.500. The summed E-state index contributed by atoms with van der Waals surface area (Å²) >= 11 is 0. The van der Waals surface area contributed by atoms with Crippen molar-refractivity contribution in [2.45, 2.75) is 33.6 Å². The van der Waals surface area contributed by atoms with Crippen LogP contribution in [0.25, 0.3) is 0 Å². The van der Waals surface area contributed by atoms with Gasteiger partial charge < -0.3 is 0 Å². The van der Waals surface area contributed by atoms with Crippen LogP contribution in [-0.4, -0.2) is 20.6 Å². The molecule has 0 bridgehead atoms. The molecule has 1 rings (SSSR count). The van der Waals surface area contributed by atoms with E-state index in [0.717, 1.165) is 18.6 Å². The van der Waals surface area contributed by atoms with Crippen LogP contribution in [0.1, 0.15) is 33.6 Å². The van der Waals surface area contributed by atoms with E-state index < -0.39 is 0 Å². The average Bonchev–Trinajstić information content (AvgIpc) is 2.56. The largest absolute Gasteiger partial charge is 0.208 e. The molecular formula is C10H16N4. The summed E-state index contributed by atoms with van der Waals surface area (Å²) in [7, 11) is 0. The lowest BCUT2D eigenvalue weighted by molar-refractivity contribution is 0.857. The minimum absolute atomic E-state index is 0.976. The Kier molecular flexibility index (Phi) is 4.04. The van der Waals surface area contributed by atoms with Gasteiger partial charge in [0.05, 0.1) is 0 Å². The third-order valence-electron chi connectivity index (χ3n) is 1.75. The molecule has 1 heterocycles. The van der Waals surface area contributed by atoms with Crippen LogP contribution in [0.3, 0.4) is 0 Å². The summed E-state index contributed by atoms with van der Waals surface area (Å²) in [6.45, 7) is 6.22. The molecule has 4 nitrogen and oxygen atoms in total. The minimum Gasteiger partial charge on any atom is -0.208 e. The van der Waals surface area contributed by atoms with Crippen molar-refractivity contribution in [1.29, 1.82) is 0 Å². The second-order valence-electron chi connectivity index (χ2n) is 3.50. The monoisotopic (exact) mass is 192 g/mol. The van der Waals surface area contributed by atoms with E-state index in [1.54, 1.807) is 17.3 Å². The normalized spacial score (nSPS) is 11.5. The highest BCUT2D eigenvalue weighted by Gasteiger charge is 1.91. The predicted octanol–water partition coefficient (Wildman–Crippen LogP) is 2.25. The fourth-order valence-electron chi connectivity index (χ4n) is 1.06. The summed E-state index contributed by atoms with van der Waals surface area (Å²) in [6, 6.07) is 0. The Balaban J connectivity index is 2.42. The summed E-state index contributed by atoms with van der Waals surface area (Å²) in [4.78, 5) is 0. The van der Waals surface area contributed by atoms with Crippen molar-refractivity contribution >= 4 is 5.71 Å². The Labute approximate surface area is 84.4 Å². The highest BCUT2D eigenvalue weighted by molar-refractivity contribution is 5.81. The molecule has 0 radical (unpaired) electrons. The van der Waals surface area contributed by atoms with E-state index in [-0.39, 0.29) is 0 Å². The lowest BCUT2D eigenvalue weighted by atomic mass is 10.2. The first-order valence-corrected chi connectivity index (χ1v) is 4.71. The summed E-state index contributed by atoms with van der Waals surface area (Å²) in [5, 5.41) is 11.7. The van der Waals surface area contributed by atoms with Crippen molar-refractivity contribution in [3.63, 3.8) is 0 Å². The van der Waals surface area contributed by atoms with Gasteiger partial charge in [0.1, 0.15) is 12.7 Å². The molecule has 0 N–H and O–H groups in total. The van der Waals surface area contributed by atoms with E-state index in [1.807, 2.05) is 6.92 Å². The standard InChI is InChI=1S/C10H16N4/c1-9(2)5-4-6-10(3)13-14-7-11-12-8-14/h5,7-8H,4,6H2,1-3H3. The van der Waals surface area contributed by atoms with Gasteiger partial charge in [0.15, 0.2) is 0 Å². The van der Waals surface area contributed by atoms with Crippen LogP contribution >= 0.6 is 0 Å². The maximum absolute atomic E-state index is 4.29.